The molecule has 2 rings (SSSR count). The molecule has 0 atom stereocenters. The highest BCUT2D eigenvalue weighted by Gasteiger charge is 2.02. The topological polar surface area (TPSA) is 27.1 Å². The Balaban J connectivity index is 1.95. The molecule has 0 aliphatic heterocycles. The number of halogens is 1. The second kappa shape index (κ2) is 5.36. The van der Waals surface area contributed by atoms with Gasteiger partial charge in [0.15, 0.2) is 0 Å². The molecule has 0 bridgehead atoms. The molecule has 1 aromatic carbocycles. The maximum Gasteiger partial charge on any atom is 0.132 e. The van der Waals surface area contributed by atoms with E-state index in [4.69, 9.17) is 4.74 Å². The van der Waals surface area contributed by atoms with Gasteiger partial charge in [-0.1, -0.05) is 15.9 Å². The molecule has 0 unspecified atom stereocenters. The summed E-state index contributed by atoms with van der Waals surface area (Å²) in [7, 11) is 0. The van der Waals surface area contributed by atoms with Gasteiger partial charge in [-0.15, -0.1) is 0 Å². The van der Waals surface area contributed by atoms with Crippen molar-refractivity contribution >= 4 is 15.9 Å². The van der Waals surface area contributed by atoms with Gasteiger partial charge in [-0.25, -0.2) is 4.98 Å². The molecule has 17 heavy (non-hydrogen) atoms. The Bertz CT molecular complexity index is 476. The molecule has 4 heteroatoms. The molecule has 0 spiro atoms. The van der Waals surface area contributed by atoms with Crippen LogP contribution < -0.4 is 4.74 Å². The third-order valence-electron chi connectivity index (χ3n) is 2.45. The first kappa shape index (κ1) is 12.2. The summed E-state index contributed by atoms with van der Waals surface area (Å²) in [5, 5.41) is 0. The molecular formula is C13H15BrN2O. The highest BCUT2D eigenvalue weighted by Crippen LogP contribution is 2.17. The minimum absolute atomic E-state index is 0.434. The van der Waals surface area contributed by atoms with Gasteiger partial charge in [-0.3, -0.25) is 0 Å². The Kier molecular flexibility index (Phi) is 3.84. The summed E-state index contributed by atoms with van der Waals surface area (Å²) in [6.07, 6.45) is 3.86. The Morgan fingerprint density at radius 3 is 2.59 bits per heavy atom. The van der Waals surface area contributed by atoms with Crippen molar-refractivity contribution in [3.05, 3.63) is 47.0 Å². The molecule has 0 amide bonds. The van der Waals surface area contributed by atoms with Gasteiger partial charge in [-0.05, 0) is 38.1 Å². The summed E-state index contributed by atoms with van der Waals surface area (Å²) in [5.74, 6) is 0.854. The number of hydrogen-bond donors (Lipinski definition) is 0. The van der Waals surface area contributed by atoms with Gasteiger partial charge in [0.1, 0.15) is 12.4 Å². The van der Waals surface area contributed by atoms with Gasteiger partial charge in [-0.2, -0.15) is 0 Å². The van der Waals surface area contributed by atoms with Crippen molar-refractivity contribution in [1.82, 2.24) is 9.55 Å². The molecule has 3 nitrogen and oxygen atoms in total. The average Bonchev–Trinajstić information content (AvgIpc) is 2.77. The third kappa shape index (κ3) is 3.33. The van der Waals surface area contributed by atoms with Crippen LogP contribution in [0, 0.1) is 0 Å². The minimum atomic E-state index is 0.434. The van der Waals surface area contributed by atoms with E-state index in [0.717, 1.165) is 15.9 Å². The van der Waals surface area contributed by atoms with Gasteiger partial charge in [0.2, 0.25) is 0 Å². The normalized spacial score (nSPS) is 10.8. The summed E-state index contributed by atoms with van der Waals surface area (Å²) >= 11 is 3.39. The van der Waals surface area contributed by atoms with E-state index in [1.807, 2.05) is 36.8 Å². The van der Waals surface area contributed by atoms with E-state index >= 15 is 0 Å². The van der Waals surface area contributed by atoms with Crippen molar-refractivity contribution < 1.29 is 4.74 Å². The minimum Gasteiger partial charge on any atom is -0.487 e. The Morgan fingerprint density at radius 2 is 2.00 bits per heavy atom. The fourth-order valence-corrected chi connectivity index (χ4v) is 1.69. The molecule has 0 N–H and O–H groups in total. The summed E-state index contributed by atoms with van der Waals surface area (Å²) in [4.78, 5) is 4.30. The van der Waals surface area contributed by atoms with E-state index in [9.17, 15) is 0 Å². The number of rotatable bonds is 4. The van der Waals surface area contributed by atoms with E-state index in [0.29, 0.717) is 12.6 Å². The summed E-state index contributed by atoms with van der Waals surface area (Å²) in [6, 6.07) is 8.22. The van der Waals surface area contributed by atoms with Crippen molar-refractivity contribution in [3.8, 4) is 5.75 Å². The lowest BCUT2D eigenvalue weighted by Crippen LogP contribution is -1.97. The predicted octanol–water partition coefficient (Wildman–Crippen LogP) is 3.81. The molecule has 90 valence electrons. The zero-order valence-electron chi connectivity index (χ0n) is 9.93. The van der Waals surface area contributed by atoms with Crippen LogP contribution in [0.2, 0.25) is 0 Å². The Hall–Kier alpha value is -1.29. The van der Waals surface area contributed by atoms with Crippen LogP contribution in [0.1, 0.15) is 25.6 Å². The smallest absolute Gasteiger partial charge is 0.132 e. The second-order valence-corrected chi connectivity index (χ2v) is 5.06. The Labute approximate surface area is 110 Å². The number of nitrogens with zero attached hydrogens (tertiary/aromatic N) is 2. The van der Waals surface area contributed by atoms with Crippen molar-refractivity contribution in [2.24, 2.45) is 0 Å². The summed E-state index contributed by atoms with van der Waals surface area (Å²) in [5.41, 5.74) is 0.946. The van der Waals surface area contributed by atoms with Crippen LogP contribution in [0.15, 0.2) is 41.3 Å². The first-order valence-electron chi connectivity index (χ1n) is 5.56. The molecule has 0 aliphatic carbocycles. The van der Waals surface area contributed by atoms with E-state index in [2.05, 4.69) is 39.3 Å². The van der Waals surface area contributed by atoms with Gasteiger partial charge >= 0.3 is 0 Å². The number of aromatic nitrogens is 2. The van der Waals surface area contributed by atoms with E-state index in [1.165, 1.54) is 0 Å². The molecule has 1 aromatic heterocycles. The van der Waals surface area contributed by atoms with Crippen LogP contribution in [0.3, 0.4) is 0 Å². The third-order valence-corrected chi connectivity index (χ3v) is 2.98. The van der Waals surface area contributed by atoms with Crippen molar-refractivity contribution in [3.63, 3.8) is 0 Å². The van der Waals surface area contributed by atoms with Gasteiger partial charge < -0.3 is 9.30 Å². The van der Waals surface area contributed by atoms with Crippen LogP contribution in [-0.4, -0.2) is 9.55 Å². The van der Waals surface area contributed by atoms with Crippen molar-refractivity contribution in [1.29, 1.82) is 0 Å². The molecule has 0 radical (unpaired) electrons. The molecule has 2 aromatic rings. The van der Waals surface area contributed by atoms with Crippen molar-refractivity contribution in [2.45, 2.75) is 26.5 Å². The lowest BCUT2D eigenvalue weighted by molar-refractivity contribution is 0.301. The summed E-state index contributed by atoms with van der Waals surface area (Å²) < 4.78 is 8.76. The van der Waals surface area contributed by atoms with Gasteiger partial charge in [0, 0.05) is 16.7 Å². The van der Waals surface area contributed by atoms with Crippen LogP contribution >= 0.6 is 15.9 Å². The standard InChI is InChI=1S/C13H15BrN2O/c1-10(2)16-7-12(15-9-16)8-17-13-5-3-11(14)4-6-13/h3-7,9-10H,8H2,1-2H3. The largest absolute Gasteiger partial charge is 0.487 e. The zero-order chi connectivity index (χ0) is 12.3. The molecule has 0 saturated carbocycles. The fraction of sp³-hybridized carbons (Fsp3) is 0.308. The maximum absolute atomic E-state index is 5.64. The monoisotopic (exact) mass is 294 g/mol. The highest BCUT2D eigenvalue weighted by molar-refractivity contribution is 9.10. The van der Waals surface area contributed by atoms with Crippen LogP contribution in [0.5, 0.6) is 5.75 Å². The lowest BCUT2D eigenvalue weighted by atomic mass is 10.3. The van der Waals surface area contributed by atoms with Gasteiger partial charge in [0.05, 0.1) is 12.0 Å². The summed E-state index contributed by atoms with van der Waals surface area (Å²) in [6.45, 7) is 4.75. The average molecular weight is 295 g/mol. The number of benzene rings is 1. The van der Waals surface area contributed by atoms with Crippen LogP contribution in [0.25, 0.3) is 0 Å². The number of hydrogen-bond acceptors (Lipinski definition) is 2. The molecule has 0 fully saturated rings. The van der Waals surface area contributed by atoms with E-state index in [1.54, 1.807) is 0 Å². The zero-order valence-corrected chi connectivity index (χ0v) is 11.5. The number of ether oxygens (including phenoxy) is 1. The fourth-order valence-electron chi connectivity index (χ4n) is 1.42. The van der Waals surface area contributed by atoms with E-state index < -0.39 is 0 Å². The maximum atomic E-state index is 5.64. The van der Waals surface area contributed by atoms with Gasteiger partial charge in [0.25, 0.3) is 0 Å². The van der Waals surface area contributed by atoms with Crippen LogP contribution in [0.4, 0.5) is 0 Å². The molecule has 0 saturated heterocycles. The predicted molar refractivity (Wildman–Crippen MR) is 71.1 cm³/mol. The second-order valence-electron chi connectivity index (χ2n) is 4.15. The lowest BCUT2D eigenvalue weighted by Gasteiger charge is -2.05. The quantitative estimate of drug-likeness (QED) is 0.857. The SMILES string of the molecule is CC(C)n1cnc(COc2ccc(Br)cc2)c1. The molecule has 0 aliphatic rings. The van der Waals surface area contributed by atoms with Crippen molar-refractivity contribution in [2.75, 3.05) is 0 Å². The van der Waals surface area contributed by atoms with E-state index in [-0.39, 0.29) is 0 Å². The highest BCUT2D eigenvalue weighted by atomic mass is 79.9. The Morgan fingerprint density at radius 1 is 1.29 bits per heavy atom. The molecular weight excluding hydrogens is 280 g/mol. The first-order valence-corrected chi connectivity index (χ1v) is 6.35. The first-order chi connectivity index (χ1) is 8.15. The number of imidazole rings is 1. The molecule has 1 heterocycles. The van der Waals surface area contributed by atoms with Crippen LogP contribution in [-0.2, 0) is 6.61 Å².